The van der Waals surface area contributed by atoms with Crippen molar-refractivity contribution in [1.82, 2.24) is 9.88 Å². The van der Waals surface area contributed by atoms with E-state index in [4.69, 9.17) is 4.74 Å². The molecular weight excluding hydrogens is 316 g/mol. The van der Waals surface area contributed by atoms with Crippen LogP contribution in [0.1, 0.15) is 38.8 Å². The van der Waals surface area contributed by atoms with Crippen LogP contribution in [-0.2, 0) is 16.8 Å². The molecular formula is C20H26N2O3. The second kappa shape index (κ2) is 7.13. The van der Waals surface area contributed by atoms with Crippen LogP contribution in [-0.4, -0.2) is 29.9 Å². The Bertz CT molecular complexity index is 832. The normalized spacial score (nSPS) is 11.3. The zero-order valence-corrected chi connectivity index (χ0v) is 15.8. The maximum absolute atomic E-state index is 12.3. The fraction of sp³-hybridized carbons (Fsp3) is 0.400. The van der Waals surface area contributed by atoms with Crippen molar-refractivity contribution in [2.24, 2.45) is 0 Å². The molecule has 2 rings (SSSR count). The summed E-state index contributed by atoms with van der Waals surface area (Å²) in [6.07, 6.45) is 1.61. The molecule has 0 fully saturated rings. The van der Waals surface area contributed by atoms with Gasteiger partial charge in [-0.25, -0.2) is 0 Å². The minimum Gasteiger partial charge on any atom is -0.496 e. The highest BCUT2D eigenvalue weighted by Crippen LogP contribution is 2.37. The molecule has 0 aliphatic heterocycles. The summed E-state index contributed by atoms with van der Waals surface area (Å²) < 4.78 is 5.59. The van der Waals surface area contributed by atoms with Crippen LogP contribution in [0.5, 0.6) is 5.75 Å². The first-order valence-electron chi connectivity index (χ1n) is 8.26. The summed E-state index contributed by atoms with van der Waals surface area (Å²) in [6.45, 7) is 8.23. The standard InChI is InChI=1S/C20H26N2O3/c1-13(23)22(5)12-14-10-18(25-6)17(20(2,3)4)11-16(14)15-8-7-9-21-19(15)24/h7-11H,12H2,1-6H3,(H,21,24). The molecule has 5 nitrogen and oxygen atoms in total. The number of rotatable bonds is 4. The zero-order valence-electron chi connectivity index (χ0n) is 15.8. The molecule has 0 spiro atoms. The van der Waals surface area contributed by atoms with Gasteiger partial charge in [0, 0.05) is 37.8 Å². The van der Waals surface area contributed by atoms with E-state index < -0.39 is 0 Å². The lowest BCUT2D eigenvalue weighted by molar-refractivity contribution is -0.128. The lowest BCUT2D eigenvalue weighted by Crippen LogP contribution is -2.24. The average molecular weight is 342 g/mol. The van der Waals surface area contributed by atoms with Gasteiger partial charge in [-0.05, 0) is 40.8 Å². The van der Waals surface area contributed by atoms with E-state index in [-0.39, 0.29) is 16.9 Å². The van der Waals surface area contributed by atoms with Gasteiger partial charge < -0.3 is 14.6 Å². The summed E-state index contributed by atoms with van der Waals surface area (Å²) in [4.78, 5) is 28.3. The third-order valence-corrected chi connectivity index (χ3v) is 4.29. The molecule has 1 aromatic carbocycles. The van der Waals surface area contributed by atoms with Crippen molar-refractivity contribution in [2.45, 2.75) is 39.7 Å². The number of pyridine rings is 1. The molecule has 0 unspecified atom stereocenters. The van der Waals surface area contributed by atoms with Crippen LogP contribution in [0.4, 0.5) is 0 Å². The van der Waals surface area contributed by atoms with E-state index in [2.05, 4.69) is 25.8 Å². The molecule has 0 atom stereocenters. The average Bonchev–Trinajstić information content (AvgIpc) is 2.54. The van der Waals surface area contributed by atoms with Crippen molar-refractivity contribution in [3.63, 3.8) is 0 Å². The number of nitrogens with zero attached hydrogens (tertiary/aromatic N) is 1. The Morgan fingerprint density at radius 3 is 2.44 bits per heavy atom. The number of hydrogen-bond acceptors (Lipinski definition) is 3. The van der Waals surface area contributed by atoms with Crippen molar-refractivity contribution in [3.05, 3.63) is 51.9 Å². The summed E-state index contributed by atoms with van der Waals surface area (Å²) in [6, 6.07) is 7.54. The highest BCUT2D eigenvalue weighted by molar-refractivity contribution is 5.74. The number of hydrogen-bond donors (Lipinski definition) is 1. The number of methoxy groups -OCH3 is 1. The molecule has 1 heterocycles. The summed E-state index contributed by atoms with van der Waals surface area (Å²) in [7, 11) is 3.38. The molecule has 5 heteroatoms. The first kappa shape index (κ1) is 18.8. The van der Waals surface area contributed by atoms with Crippen LogP contribution in [0, 0.1) is 0 Å². The molecule has 0 aliphatic rings. The molecule has 0 aliphatic carbocycles. The van der Waals surface area contributed by atoms with Crippen LogP contribution in [0.25, 0.3) is 11.1 Å². The maximum atomic E-state index is 12.3. The monoisotopic (exact) mass is 342 g/mol. The quantitative estimate of drug-likeness (QED) is 0.927. The highest BCUT2D eigenvalue weighted by atomic mass is 16.5. The van der Waals surface area contributed by atoms with Crippen LogP contribution in [0.3, 0.4) is 0 Å². The first-order valence-corrected chi connectivity index (χ1v) is 8.26. The van der Waals surface area contributed by atoms with E-state index in [1.807, 2.05) is 12.1 Å². The Morgan fingerprint density at radius 2 is 1.92 bits per heavy atom. The second-order valence-electron chi connectivity index (χ2n) is 7.25. The van der Waals surface area contributed by atoms with Crippen LogP contribution >= 0.6 is 0 Å². The number of amides is 1. The van der Waals surface area contributed by atoms with Gasteiger partial charge >= 0.3 is 0 Å². The molecule has 1 amide bonds. The molecule has 2 aromatic rings. The minimum absolute atomic E-state index is 0.0354. The van der Waals surface area contributed by atoms with E-state index in [0.29, 0.717) is 12.1 Å². The minimum atomic E-state index is -0.153. The Labute approximate surface area is 148 Å². The van der Waals surface area contributed by atoms with Gasteiger partial charge in [0.15, 0.2) is 0 Å². The summed E-state index contributed by atoms with van der Waals surface area (Å²) >= 11 is 0. The number of nitrogens with one attached hydrogen (secondary N) is 1. The highest BCUT2D eigenvalue weighted by Gasteiger charge is 2.23. The number of carbonyl (C=O) groups excluding carboxylic acids is 1. The molecule has 0 radical (unpaired) electrons. The predicted molar refractivity (Wildman–Crippen MR) is 99.9 cm³/mol. The van der Waals surface area contributed by atoms with Crippen LogP contribution in [0.15, 0.2) is 35.3 Å². The Hall–Kier alpha value is -2.56. The largest absolute Gasteiger partial charge is 0.496 e. The van der Waals surface area contributed by atoms with Crippen molar-refractivity contribution < 1.29 is 9.53 Å². The lowest BCUT2D eigenvalue weighted by Gasteiger charge is -2.26. The van der Waals surface area contributed by atoms with E-state index in [1.165, 1.54) is 6.92 Å². The summed E-state index contributed by atoms with van der Waals surface area (Å²) in [5.41, 5.74) is 3.00. The summed E-state index contributed by atoms with van der Waals surface area (Å²) in [5, 5.41) is 0. The van der Waals surface area contributed by atoms with Gasteiger partial charge in [0.25, 0.3) is 5.56 Å². The number of carbonyl (C=O) groups is 1. The van der Waals surface area contributed by atoms with Gasteiger partial charge in [0.2, 0.25) is 5.91 Å². The van der Waals surface area contributed by atoms with E-state index >= 15 is 0 Å². The Kier molecular flexibility index (Phi) is 5.36. The lowest BCUT2D eigenvalue weighted by atomic mass is 9.83. The summed E-state index contributed by atoms with van der Waals surface area (Å²) in [5.74, 6) is 0.724. The van der Waals surface area contributed by atoms with Gasteiger partial charge in [-0.15, -0.1) is 0 Å². The number of aromatic amines is 1. The predicted octanol–water partition coefficient (Wildman–Crippen LogP) is 3.33. The van der Waals surface area contributed by atoms with Crippen molar-refractivity contribution in [1.29, 1.82) is 0 Å². The van der Waals surface area contributed by atoms with Gasteiger partial charge in [-0.2, -0.15) is 0 Å². The van der Waals surface area contributed by atoms with E-state index in [1.54, 1.807) is 37.4 Å². The van der Waals surface area contributed by atoms with Crippen LogP contribution < -0.4 is 10.3 Å². The number of H-pyrrole nitrogens is 1. The third-order valence-electron chi connectivity index (χ3n) is 4.29. The number of benzene rings is 1. The molecule has 0 bridgehead atoms. The van der Waals surface area contributed by atoms with Gasteiger partial charge in [-0.1, -0.05) is 20.8 Å². The third kappa shape index (κ3) is 4.10. The van der Waals surface area contributed by atoms with Crippen molar-refractivity contribution in [2.75, 3.05) is 14.2 Å². The first-order chi connectivity index (χ1) is 11.6. The van der Waals surface area contributed by atoms with Gasteiger partial charge in [0.1, 0.15) is 5.75 Å². The van der Waals surface area contributed by atoms with Crippen molar-refractivity contribution in [3.8, 4) is 16.9 Å². The smallest absolute Gasteiger partial charge is 0.255 e. The molecule has 1 N–H and O–H groups in total. The fourth-order valence-corrected chi connectivity index (χ4v) is 2.76. The van der Waals surface area contributed by atoms with E-state index in [0.717, 1.165) is 22.4 Å². The molecule has 1 aromatic heterocycles. The Morgan fingerprint density at radius 1 is 1.24 bits per heavy atom. The fourth-order valence-electron chi connectivity index (χ4n) is 2.76. The number of aromatic nitrogens is 1. The second-order valence-corrected chi connectivity index (χ2v) is 7.25. The SMILES string of the molecule is COc1cc(CN(C)C(C)=O)c(-c2ccc[nH]c2=O)cc1C(C)(C)C. The van der Waals surface area contributed by atoms with Crippen molar-refractivity contribution >= 4 is 5.91 Å². The van der Waals surface area contributed by atoms with Gasteiger partial charge in [-0.3, -0.25) is 9.59 Å². The molecule has 0 saturated carbocycles. The van der Waals surface area contributed by atoms with Crippen LogP contribution in [0.2, 0.25) is 0 Å². The molecule has 134 valence electrons. The zero-order chi connectivity index (χ0) is 18.8. The number of ether oxygens (including phenoxy) is 1. The topological polar surface area (TPSA) is 62.4 Å². The Balaban J connectivity index is 2.74. The molecule has 0 saturated heterocycles. The van der Waals surface area contributed by atoms with E-state index in [9.17, 15) is 9.59 Å². The van der Waals surface area contributed by atoms with Gasteiger partial charge in [0.05, 0.1) is 7.11 Å². The molecule has 25 heavy (non-hydrogen) atoms. The maximum Gasteiger partial charge on any atom is 0.255 e.